The summed E-state index contributed by atoms with van der Waals surface area (Å²) in [5.41, 5.74) is 0.209. The Morgan fingerprint density at radius 2 is 1.92 bits per heavy atom. The van der Waals surface area contributed by atoms with Crippen molar-refractivity contribution in [3.63, 3.8) is 0 Å². The first-order chi connectivity index (χ1) is 5.34. The van der Waals surface area contributed by atoms with E-state index in [1.54, 1.807) is 0 Å². The molecule has 1 saturated heterocycles. The molecule has 0 saturated carbocycles. The van der Waals surface area contributed by atoms with Crippen LogP contribution in [0.1, 0.15) is 34.1 Å². The van der Waals surface area contributed by atoms with E-state index in [1.807, 2.05) is 11.9 Å². The van der Waals surface area contributed by atoms with E-state index in [1.165, 1.54) is 0 Å². The Balaban J connectivity index is 2.84. The third-order valence-corrected chi connectivity index (χ3v) is 2.73. The summed E-state index contributed by atoms with van der Waals surface area (Å²) >= 11 is 0. The smallest absolute Gasteiger partial charge is 0.222 e. The second kappa shape index (κ2) is 2.75. The summed E-state index contributed by atoms with van der Waals surface area (Å²) in [5, 5.41) is 0. The molecular formula is C10H19NO. The highest BCUT2D eigenvalue weighted by atomic mass is 16.2. The molecule has 12 heavy (non-hydrogen) atoms. The van der Waals surface area contributed by atoms with E-state index >= 15 is 0 Å². The second-order valence-corrected chi connectivity index (χ2v) is 5.00. The molecule has 0 bridgehead atoms. The van der Waals surface area contributed by atoms with Crippen molar-refractivity contribution < 1.29 is 4.79 Å². The number of hydrogen-bond donors (Lipinski definition) is 0. The molecule has 2 atom stereocenters. The van der Waals surface area contributed by atoms with Crippen molar-refractivity contribution in [3.05, 3.63) is 0 Å². The largest absolute Gasteiger partial charge is 0.342 e. The highest BCUT2D eigenvalue weighted by molar-refractivity contribution is 5.79. The van der Waals surface area contributed by atoms with Gasteiger partial charge in [0.2, 0.25) is 5.91 Å². The number of carbonyl (C=O) groups is 1. The standard InChI is InChI=1S/C10H19NO/c1-7-6-8(12)11(5)9(7)10(2,3)4/h7,9H,6H2,1-5H3/t7-,9+/m0/s1. The van der Waals surface area contributed by atoms with Gasteiger partial charge in [-0.1, -0.05) is 27.7 Å². The Kier molecular flexibility index (Phi) is 2.19. The van der Waals surface area contributed by atoms with Crippen molar-refractivity contribution in [1.29, 1.82) is 0 Å². The topological polar surface area (TPSA) is 20.3 Å². The first-order valence-corrected chi connectivity index (χ1v) is 4.59. The zero-order valence-electron chi connectivity index (χ0n) is 8.72. The van der Waals surface area contributed by atoms with Gasteiger partial charge >= 0.3 is 0 Å². The van der Waals surface area contributed by atoms with Gasteiger partial charge in [0, 0.05) is 19.5 Å². The fraction of sp³-hybridized carbons (Fsp3) is 0.900. The van der Waals surface area contributed by atoms with Crippen LogP contribution in [-0.4, -0.2) is 23.9 Å². The molecule has 70 valence electrons. The molecule has 0 unspecified atom stereocenters. The molecular weight excluding hydrogens is 150 g/mol. The molecule has 0 aromatic carbocycles. The van der Waals surface area contributed by atoms with Crippen LogP contribution in [0.2, 0.25) is 0 Å². The van der Waals surface area contributed by atoms with Gasteiger partial charge in [-0.3, -0.25) is 4.79 Å². The van der Waals surface area contributed by atoms with Gasteiger partial charge < -0.3 is 4.90 Å². The van der Waals surface area contributed by atoms with E-state index in [0.717, 1.165) is 6.42 Å². The fourth-order valence-electron chi connectivity index (χ4n) is 2.50. The van der Waals surface area contributed by atoms with Crippen molar-refractivity contribution in [2.75, 3.05) is 7.05 Å². The average molecular weight is 169 g/mol. The molecule has 2 heteroatoms. The lowest BCUT2D eigenvalue weighted by molar-refractivity contribution is -0.128. The van der Waals surface area contributed by atoms with E-state index in [-0.39, 0.29) is 5.41 Å². The van der Waals surface area contributed by atoms with Crippen LogP contribution in [0, 0.1) is 11.3 Å². The van der Waals surface area contributed by atoms with E-state index in [4.69, 9.17) is 0 Å². The number of nitrogens with zero attached hydrogens (tertiary/aromatic N) is 1. The Bertz CT molecular complexity index is 193. The summed E-state index contributed by atoms with van der Waals surface area (Å²) < 4.78 is 0. The highest BCUT2D eigenvalue weighted by Crippen LogP contribution is 2.36. The van der Waals surface area contributed by atoms with Gasteiger partial charge in [0.05, 0.1) is 0 Å². The highest BCUT2D eigenvalue weighted by Gasteiger charge is 2.41. The van der Waals surface area contributed by atoms with Gasteiger partial charge in [-0.25, -0.2) is 0 Å². The number of likely N-dealkylation sites (tertiary alicyclic amines) is 1. The lowest BCUT2D eigenvalue weighted by atomic mass is 9.80. The lowest BCUT2D eigenvalue weighted by Crippen LogP contribution is -2.41. The number of rotatable bonds is 0. The summed E-state index contributed by atoms with van der Waals surface area (Å²) in [6.45, 7) is 8.76. The van der Waals surface area contributed by atoms with Crippen LogP contribution in [0.4, 0.5) is 0 Å². The zero-order valence-corrected chi connectivity index (χ0v) is 8.72. The molecule has 0 radical (unpaired) electrons. The molecule has 2 nitrogen and oxygen atoms in total. The molecule has 0 spiro atoms. The Morgan fingerprint density at radius 3 is 2.08 bits per heavy atom. The minimum absolute atomic E-state index is 0.209. The first-order valence-electron chi connectivity index (χ1n) is 4.59. The molecule has 1 amide bonds. The van der Waals surface area contributed by atoms with E-state index < -0.39 is 0 Å². The molecule has 0 aromatic heterocycles. The van der Waals surface area contributed by atoms with Crippen molar-refractivity contribution >= 4 is 5.91 Å². The number of amides is 1. The van der Waals surface area contributed by atoms with Gasteiger partial charge in [-0.05, 0) is 11.3 Å². The van der Waals surface area contributed by atoms with Crippen LogP contribution >= 0.6 is 0 Å². The fourth-order valence-corrected chi connectivity index (χ4v) is 2.50. The van der Waals surface area contributed by atoms with Crippen LogP contribution in [0.15, 0.2) is 0 Å². The van der Waals surface area contributed by atoms with Crippen LogP contribution in [-0.2, 0) is 4.79 Å². The summed E-state index contributed by atoms with van der Waals surface area (Å²) in [6.07, 6.45) is 0.721. The maximum Gasteiger partial charge on any atom is 0.222 e. The van der Waals surface area contributed by atoms with Gasteiger partial charge in [-0.15, -0.1) is 0 Å². The van der Waals surface area contributed by atoms with Crippen molar-refractivity contribution in [2.45, 2.75) is 40.2 Å². The summed E-state index contributed by atoms with van der Waals surface area (Å²) in [4.78, 5) is 13.3. The molecule has 1 aliphatic rings. The number of hydrogen-bond acceptors (Lipinski definition) is 1. The van der Waals surface area contributed by atoms with E-state index in [2.05, 4.69) is 27.7 Å². The Morgan fingerprint density at radius 1 is 1.42 bits per heavy atom. The van der Waals surface area contributed by atoms with Crippen LogP contribution in [0.5, 0.6) is 0 Å². The molecule has 0 aromatic rings. The predicted molar refractivity (Wildman–Crippen MR) is 49.8 cm³/mol. The molecule has 1 heterocycles. The average Bonchev–Trinajstić information content (AvgIpc) is 2.05. The van der Waals surface area contributed by atoms with Crippen LogP contribution in [0.25, 0.3) is 0 Å². The maximum atomic E-state index is 11.4. The Labute approximate surface area is 74.9 Å². The van der Waals surface area contributed by atoms with Crippen molar-refractivity contribution in [1.82, 2.24) is 4.90 Å². The molecule has 0 N–H and O–H groups in total. The SMILES string of the molecule is C[C@H]1CC(=O)N(C)[C@H]1C(C)(C)C. The summed E-state index contributed by atoms with van der Waals surface area (Å²) in [7, 11) is 1.92. The third kappa shape index (κ3) is 1.47. The molecule has 0 aliphatic carbocycles. The van der Waals surface area contributed by atoms with Crippen molar-refractivity contribution in [2.24, 2.45) is 11.3 Å². The maximum absolute atomic E-state index is 11.4. The first kappa shape index (κ1) is 9.56. The zero-order chi connectivity index (χ0) is 9.52. The van der Waals surface area contributed by atoms with E-state index in [9.17, 15) is 4.79 Å². The van der Waals surface area contributed by atoms with Gasteiger partial charge in [-0.2, -0.15) is 0 Å². The monoisotopic (exact) mass is 169 g/mol. The van der Waals surface area contributed by atoms with Crippen LogP contribution in [0.3, 0.4) is 0 Å². The summed E-state index contributed by atoms with van der Waals surface area (Å²) in [5.74, 6) is 0.796. The predicted octanol–water partition coefficient (Wildman–Crippen LogP) is 1.90. The van der Waals surface area contributed by atoms with Gasteiger partial charge in [0.1, 0.15) is 0 Å². The normalized spacial score (nSPS) is 31.4. The molecule has 1 aliphatic heterocycles. The second-order valence-electron chi connectivity index (χ2n) is 5.00. The lowest BCUT2D eigenvalue weighted by Gasteiger charge is -2.35. The van der Waals surface area contributed by atoms with Crippen molar-refractivity contribution in [3.8, 4) is 0 Å². The minimum atomic E-state index is 0.209. The molecule has 1 fully saturated rings. The third-order valence-electron chi connectivity index (χ3n) is 2.73. The number of carbonyl (C=O) groups excluding carboxylic acids is 1. The van der Waals surface area contributed by atoms with Gasteiger partial charge in [0.15, 0.2) is 0 Å². The summed E-state index contributed by atoms with van der Waals surface area (Å²) in [6, 6.07) is 0.407. The minimum Gasteiger partial charge on any atom is -0.342 e. The Hall–Kier alpha value is -0.530. The quantitative estimate of drug-likeness (QED) is 0.542. The molecule has 1 rings (SSSR count). The van der Waals surface area contributed by atoms with Crippen LogP contribution < -0.4 is 0 Å². The van der Waals surface area contributed by atoms with E-state index in [0.29, 0.717) is 17.9 Å². The van der Waals surface area contributed by atoms with Gasteiger partial charge in [0.25, 0.3) is 0 Å².